The van der Waals surface area contributed by atoms with Crippen LogP contribution in [-0.4, -0.2) is 13.2 Å². The molecule has 2 heteroatoms. The van der Waals surface area contributed by atoms with Gasteiger partial charge in [0.25, 0.3) is 0 Å². The molecule has 0 bridgehead atoms. The fraction of sp³-hybridized carbons (Fsp3) is 0.750. The minimum absolute atomic E-state index is 0. The van der Waals surface area contributed by atoms with Crippen LogP contribution in [-0.2, 0) is 37.4 Å². The average Bonchev–Trinajstić information content (AvgIpc) is 1.38. The van der Waals surface area contributed by atoms with Crippen LogP contribution in [0.5, 0.6) is 0 Å². The molecule has 1 atom stereocenters. The van der Waals surface area contributed by atoms with Gasteiger partial charge in [-0.25, -0.2) is 0 Å². The van der Waals surface area contributed by atoms with Gasteiger partial charge in [0.05, 0.1) is 0 Å². The monoisotopic (exact) mass is 162 g/mol. The summed E-state index contributed by atoms with van der Waals surface area (Å²) in [6, 6.07) is 0. The van der Waals surface area contributed by atoms with E-state index in [1.165, 1.54) is 0 Å². The van der Waals surface area contributed by atoms with Crippen molar-refractivity contribution in [2.45, 2.75) is 13.0 Å². The maximum Gasteiger partial charge on any atom is 0.0322 e. The Hall–Kier alpha value is 1.06. The Kier molecular flexibility index (Phi) is 10.2. The number of hydrogen-bond acceptors (Lipinski definition) is 1. The fourth-order valence-electron chi connectivity index (χ4n) is 0. The van der Waals surface area contributed by atoms with Crippen molar-refractivity contribution >= 4 is 0 Å². The standard InChI is InChI=1S/C4H9O.Y/c1-4(2)5-3;/h4H,1H2,2-3H3;/q-1;. The molecule has 0 aromatic carbocycles. The molecule has 0 saturated carbocycles. The molecule has 0 spiro atoms. The van der Waals surface area contributed by atoms with E-state index in [0.717, 1.165) is 0 Å². The summed E-state index contributed by atoms with van der Waals surface area (Å²) < 4.78 is 4.64. The number of hydrogen-bond donors (Lipinski definition) is 0. The maximum atomic E-state index is 4.64. The van der Waals surface area contributed by atoms with Crippen molar-refractivity contribution in [2.75, 3.05) is 7.11 Å². The molecule has 0 rings (SSSR count). The minimum atomic E-state index is 0. The van der Waals surface area contributed by atoms with Crippen molar-refractivity contribution in [3.05, 3.63) is 6.92 Å². The van der Waals surface area contributed by atoms with Gasteiger partial charge in [-0.2, -0.15) is 0 Å². The van der Waals surface area contributed by atoms with E-state index in [2.05, 4.69) is 11.7 Å². The Labute approximate surface area is 64.3 Å². The molecule has 0 aliphatic carbocycles. The summed E-state index contributed by atoms with van der Waals surface area (Å²) in [4.78, 5) is 0. The van der Waals surface area contributed by atoms with Gasteiger partial charge in [0.1, 0.15) is 0 Å². The van der Waals surface area contributed by atoms with Gasteiger partial charge < -0.3 is 11.7 Å². The van der Waals surface area contributed by atoms with Crippen LogP contribution in [0.3, 0.4) is 0 Å². The zero-order chi connectivity index (χ0) is 4.28. The molecular weight excluding hydrogens is 153 g/mol. The van der Waals surface area contributed by atoms with E-state index < -0.39 is 0 Å². The van der Waals surface area contributed by atoms with Crippen molar-refractivity contribution in [2.24, 2.45) is 0 Å². The van der Waals surface area contributed by atoms with E-state index >= 15 is 0 Å². The molecule has 0 aromatic heterocycles. The summed E-state index contributed by atoms with van der Waals surface area (Å²) in [5, 5.41) is 0. The van der Waals surface area contributed by atoms with Crippen LogP contribution in [0.2, 0.25) is 0 Å². The predicted molar refractivity (Wildman–Crippen MR) is 21.8 cm³/mol. The molecule has 0 fully saturated rings. The average molecular weight is 162 g/mol. The molecule has 0 N–H and O–H groups in total. The molecule has 0 saturated heterocycles. The SMILES string of the molecule is [CH2-]C(C)OC.[Y]. The molecule has 35 valence electrons. The van der Waals surface area contributed by atoms with Gasteiger partial charge in [0.15, 0.2) is 0 Å². The van der Waals surface area contributed by atoms with Crippen LogP contribution >= 0.6 is 0 Å². The topological polar surface area (TPSA) is 9.23 Å². The Morgan fingerprint density at radius 1 is 1.67 bits per heavy atom. The zero-order valence-electron chi connectivity index (χ0n) is 4.27. The van der Waals surface area contributed by atoms with Crippen molar-refractivity contribution in [1.29, 1.82) is 0 Å². The van der Waals surface area contributed by atoms with E-state index in [1.807, 2.05) is 6.92 Å². The first kappa shape index (κ1) is 10.1. The number of rotatable bonds is 1. The van der Waals surface area contributed by atoms with Crippen molar-refractivity contribution in [3.63, 3.8) is 0 Å². The van der Waals surface area contributed by atoms with Gasteiger partial charge in [-0.1, -0.05) is 13.0 Å². The quantitative estimate of drug-likeness (QED) is 0.519. The predicted octanol–water partition coefficient (Wildman–Crippen LogP) is 0.853. The van der Waals surface area contributed by atoms with E-state index in [4.69, 9.17) is 0 Å². The van der Waals surface area contributed by atoms with Gasteiger partial charge in [0.2, 0.25) is 0 Å². The van der Waals surface area contributed by atoms with E-state index in [-0.39, 0.29) is 38.8 Å². The fourth-order valence-corrected chi connectivity index (χ4v) is 0. The maximum absolute atomic E-state index is 4.64. The third-order valence-electron chi connectivity index (χ3n) is 0.402. The molecule has 0 aromatic rings. The Balaban J connectivity index is 0. The van der Waals surface area contributed by atoms with Gasteiger partial charge in [-0.15, -0.1) is 0 Å². The minimum Gasteiger partial charge on any atom is -0.414 e. The smallest absolute Gasteiger partial charge is 0.0322 e. The molecule has 1 nitrogen and oxygen atoms in total. The molecule has 0 aliphatic rings. The third-order valence-corrected chi connectivity index (χ3v) is 0.402. The molecule has 6 heavy (non-hydrogen) atoms. The second-order valence-electron chi connectivity index (χ2n) is 1.05. The molecule has 1 unspecified atom stereocenters. The Morgan fingerprint density at radius 2 is 1.83 bits per heavy atom. The van der Waals surface area contributed by atoms with Crippen molar-refractivity contribution in [3.8, 4) is 0 Å². The number of ether oxygens (including phenoxy) is 1. The van der Waals surface area contributed by atoms with Gasteiger partial charge >= 0.3 is 0 Å². The summed E-state index contributed by atoms with van der Waals surface area (Å²) in [6.45, 7) is 5.42. The first-order valence-corrected chi connectivity index (χ1v) is 1.63. The van der Waals surface area contributed by atoms with Crippen LogP contribution in [0.4, 0.5) is 0 Å². The van der Waals surface area contributed by atoms with Crippen LogP contribution in [0, 0.1) is 6.92 Å². The normalized spacial score (nSPS) is 12.5. The van der Waals surface area contributed by atoms with Crippen molar-refractivity contribution in [1.82, 2.24) is 0 Å². The summed E-state index contributed by atoms with van der Waals surface area (Å²) in [5.74, 6) is 0. The van der Waals surface area contributed by atoms with E-state index in [0.29, 0.717) is 0 Å². The molecule has 0 amide bonds. The van der Waals surface area contributed by atoms with Gasteiger partial charge in [-0.3, -0.25) is 0 Å². The largest absolute Gasteiger partial charge is 0.414 e. The van der Waals surface area contributed by atoms with E-state index in [9.17, 15) is 0 Å². The van der Waals surface area contributed by atoms with Gasteiger partial charge in [-0.05, 0) is 0 Å². The summed E-state index contributed by atoms with van der Waals surface area (Å²) in [6.07, 6.45) is 0.134. The summed E-state index contributed by atoms with van der Waals surface area (Å²) >= 11 is 0. The van der Waals surface area contributed by atoms with E-state index in [1.54, 1.807) is 7.11 Å². The summed E-state index contributed by atoms with van der Waals surface area (Å²) in [7, 11) is 1.64. The zero-order valence-corrected chi connectivity index (χ0v) is 7.11. The Morgan fingerprint density at radius 3 is 1.83 bits per heavy atom. The second-order valence-corrected chi connectivity index (χ2v) is 1.05. The molecular formula is C4H9OY-. The second kappa shape index (κ2) is 6.06. The summed E-state index contributed by atoms with van der Waals surface area (Å²) in [5.41, 5.74) is 0. The first-order valence-electron chi connectivity index (χ1n) is 1.63. The first-order chi connectivity index (χ1) is 2.27. The Bertz CT molecular complexity index is 21.5. The number of methoxy groups -OCH3 is 1. The van der Waals surface area contributed by atoms with Crippen LogP contribution < -0.4 is 0 Å². The van der Waals surface area contributed by atoms with Crippen molar-refractivity contribution < 1.29 is 37.4 Å². The molecule has 0 heterocycles. The molecule has 1 radical (unpaired) electrons. The van der Waals surface area contributed by atoms with Gasteiger partial charge in [0, 0.05) is 39.8 Å². The van der Waals surface area contributed by atoms with Crippen LogP contribution in [0.25, 0.3) is 0 Å². The van der Waals surface area contributed by atoms with Crippen LogP contribution in [0.15, 0.2) is 0 Å². The molecule has 0 aliphatic heterocycles. The third kappa shape index (κ3) is 8.91. The van der Waals surface area contributed by atoms with Crippen LogP contribution in [0.1, 0.15) is 6.92 Å².